The molecule has 0 aliphatic rings. The maximum atomic E-state index is 11.7. The second-order valence-electron chi connectivity index (χ2n) is 3.65. The Labute approximate surface area is 110 Å². The van der Waals surface area contributed by atoms with Crippen molar-refractivity contribution in [3.63, 3.8) is 0 Å². The predicted octanol–water partition coefficient (Wildman–Crippen LogP) is 2.22. The summed E-state index contributed by atoms with van der Waals surface area (Å²) in [6.45, 7) is 0.897. The fraction of sp³-hybridized carbons (Fsp3) is 0.900. The fourth-order valence-corrected chi connectivity index (χ4v) is 1.24. The van der Waals surface area contributed by atoms with Crippen molar-refractivity contribution in [3.8, 4) is 0 Å². The third-order valence-corrected chi connectivity index (χ3v) is 2.00. The summed E-state index contributed by atoms with van der Waals surface area (Å²) < 4.78 is 39.4. The number of halogens is 4. The van der Waals surface area contributed by atoms with E-state index in [9.17, 15) is 18.0 Å². The number of hydrogen-bond donors (Lipinski definition) is 2. The lowest BCUT2D eigenvalue weighted by Crippen LogP contribution is -2.37. The van der Waals surface area contributed by atoms with Crippen LogP contribution in [0.15, 0.2) is 0 Å². The van der Waals surface area contributed by atoms with Crippen LogP contribution in [-0.4, -0.2) is 43.1 Å². The van der Waals surface area contributed by atoms with E-state index in [1.165, 1.54) is 0 Å². The van der Waals surface area contributed by atoms with Gasteiger partial charge in [0.25, 0.3) is 0 Å². The molecule has 0 rings (SSSR count). The molecule has 0 radical (unpaired) electrons. The highest BCUT2D eigenvalue weighted by Crippen LogP contribution is 2.14. The first-order valence-electron chi connectivity index (χ1n) is 5.47. The summed E-state index contributed by atoms with van der Waals surface area (Å²) in [7, 11) is 0. The average molecular weight is 294 g/mol. The van der Waals surface area contributed by atoms with Crippen LogP contribution in [0, 0.1) is 0 Å². The topological polar surface area (TPSA) is 58.6 Å². The summed E-state index contributed by atoms with van der Waals surface area (Å²) in [6, 6.07) is -0.636. The summed E-state index contributed by atoms with van der Waals surface area (Å²) in [5, 5.41) is 11.5. The molecule has 2 N–H and O–H groups in total. The number of hydrogen-bond acceptors (Lipinski definition) is 3. The Balaban J connectivity index is 0. The van der Waals surface area contributed by atoms with E-state index in [0.29, 0.717) is 19.4 Å². The Kier molecular flexibility index (Phi) is 11.4. The number of carboxylic acids is 1. The molecule has 0 aliphatic carbocycles. The first-order chi connectivity index (χ1) is 7.87. The van der Waals surface area contributed by atoms with E-state index in [0.717, 1.165) is 6.42 Å². The summed E-state index contributed by atoms with van der Waals surface area (Å²) in [4.78, 5) is 10.7. The van der Waals surface area contributed by atoms with Gasteiger partial charge in [0, 0.05) is 6.61 Å². The van der Waals surface area contributed by atoms with Crippen LogP contribution in [0.4, 0.5) is 13.2 Å². The van der Waals surface area contributed by atoms with Gasteiger partial charge in [-0.2, -0.15) is 13.2 Å². The van der Waals surface area contributed by atoms with E-state index in [4.69, 9.17) is 5.11 Å². The highest BCUT2D eigenvalue weighted by molar-refractivity contribution is 5.85. The van der Waals surface area contributed by atoms with Crippen molar-refractivity contribution in [1.29, 1.82) is 0 Å². The minimum atomic E-state index is -4.31. The fourth-order valence-electron chi connectivity index (χ4n) is 1.24. The molecule has 0 spiro atoms. The largest absolute Gasteiger partial charge is 0.480 e. The quantitative estimate of drug-likeness (QED) is 0.640. The lowest BCUT2D eigenvalue weighted by molar-refractivity contribution is -0.173. The zero-order valence-electron chi connectivity index (χ0n) is 10.1. The van der Waals surface area contributed by atoms with Gasteiger partial charge in [0.1, 0.15) is 12.6 Å². The Bertz CT molecular complexity index is 227. The number of aliphatic carboxylic acids is 1. The second kappa shape index (κ2) is 10.4. The zero-order valence-corrected chi connectivity index (χ0v) is 10.9. The van der Waals surface area contributed by atoms with Crippen molar-refractivity contribution >= 4 is 18.4 Å². The van der Waals surface area contributed by atoms with Crippen LogP contribution < -0.4 is 5.32 Å². The zero-order chi connectivity index (χ0) is 13.3. The third kappa shape index (κ3) is 11.9. The maximum absolute atomic E-state index is 11.7. The Morgan fingerprint density at radius 3 is 2.50 bits per heavy atom. The van der Waals surface area contributed by atoms with Crippen LogP contribution in [0.3, 0.4) is 0 Å². The normalized spacial score (nSPS) is 12.9. The highest BCUT2D eigenvalue weighted by Gasteiger charge is 2.27. The van der Waals surface area contributed by atoms with Crippen molar-refractivity contribution in [2.75, 3.05) is 19.8 Å². The molecule has 0 aromatic heterocycles. The Morgan fingerprint density at radius 1 is 1.44 bits per heavy atom. The number of ether oxygens (including phenoxy) is 1. The van der Waals surface area contributed by atoms with Crippen LogP contribution in [-0.2, 0) is 9.53 Å². The van der Waals surface area contributed by atoms with Crippen LogP contribution in [0.25, 0.3) is 0 Å². The molecule has 4 nitrogen and oxygen atoms in total. The van der Waals surface area contributed by atoms with Gasteiger partial charge in [-0.25, -0.2) is 0 Å². The summed E-state index contributed by atoms with van der Waals surface area (Å²) >= 11 is 0. The molecule has 0 aromatic carbocycles. The number of carbonyl (C=O) groups is 1. The molecule has 0 amide bonds. The monoisotopic (exact) mass is 293 g/mol. The summed E-state index contributed by atoms with van der Waals surface area (Å²) in [5.74, 6) is -0.942. The van der Waals surface area contributed by atoms with E-state index in [1.54, 1.807) is 0 Å². The van der Waals surface area contributed by atoms with Crippen molar-refractivity contribution in [2.45, 2.75) is 38.4 Å². The molecule has 0 fully saturated rings. The van der Waals surface area contributed by atoms with Gasteiger partial charge in [-0.1, -0.05) is 13.3 Å². The summed E-state index contributed by atoms with van der Waals surface area (Å²) in [5.41, 5.74) is 0. The molecular weight excluding hydrogens is 275 g/mol. The van der Waals surface area contributed by atoms with E-state index in [2.05, 4.69) is 10.1 Å². The predicted molar refractivity (Wildman–Crippen MR) is 63.1 cm³/mol. The molecule has 0 aliphatic heterocycles. The van der Waals surface area contributed by atoms with E-state index >= 15 is 0 Å². The van der Waals surface area contributed by atoms with Gasteiger partial charge >= 0.3 is 12.1 Å². The first kappa shape index (κ1) is 19.8. The molecule has 18 heavy (non-hydrogen) atoms. The molecule has 0 bridgehead atoms. The van der Waals surface area contributed by atoms with Crippen LogP contribution in [0.5, 0.6) is 0 Å². The van der Waals surface area contributed by atoms with Crippen LogP contribution in [0.1, 0.15) is 26.2 Å². The minimum Gasteiger partial charge on any atom is -0.480 e. The third-order valence-electron chi connectivity index (χ3n) is 2.00. The second-order valence-corrected chi connectivity index (χ2v) is 3.65. The molecule has 0 aromatic rings. The van der Waals surface area contributed by atoms with Crippen LogP contribution in [0.2, 0.25) is 0 Å². The van der Waals surface area contributed by atoms with E-state index < -0.39 is 24.8 Å². The molecular formula is C10H19ClF3NO3. The van der Waals surface area contributed by atoms with Crippen molar-refractivity contribution in [3.05, 3.63) is 0 Å². The Hall–Kier alpha value is -0.530. The van der Waals surface area contributed by atoms with Crippen molar-refractivity contribution < 1.29 is 27.8 Å². The number of alkyl halides is 3. The van der Waals surface area contributed by atoms with Gasteiger partial charge in [-0.05, 0) is 19.4 Å². The molecule has 0 saturated carbocycles. The van der Waals surface area contributed by atoms with Gasteiger partial charge < -0.3 is 15.2 Å². The van der Waals surface area contributed by atoms with Crippen LogP contribution >= 0.6 is 12.4 Å². The summed E-state index contributed by atoms with van der Waals surface area (Å²) in [6.07, 6.45) is -2.73. The average Bonchev–Trinajstić information content (AvgIpc) is 2.19. The van der Waals surface area contributed by atoms with E-state index in [1.807, 2.05) is 6.92 Å². The SMILES string of the molecule is CCCC(NCCCOCC(F)(F)F)C(=O)O.Cl. The van der Waals surface area contributed by atoms with Gasteiger partial charge in [0.2, 0.25) is 0 Å². The lowest BCUT2D eigenvalue weighted by Gasteiger charge is -2.13. The lowest BCUT2D eigenvalue weighted by atomic mass is 10.1. The van der Waals surface area contributed by atoms with Crippen molar-refractivity contribution in [2.24, 2.45) is 0 Å². The molecule has 1 unspecified atom stereocenters. The number of rotatable bonds is 9. The number of nitrogens with one attached hydrogen (secondary N) is 1. The van der Waals surface area contributed by atoms with Gasteiger partial charge in [-0.15, -0.1) is 12.4 Å². The van der Waals surface area contributed by atoms with Gasteiger partial charge in [0.15, 0.2) is 0 Å². The van der Waals surface area contributed by atoms with Crippen molar-refractivity contribution in [1.82, 2.24) is 5.32 Å². The van der Waals surface area contributed by atoms with Gasteiger partial charge in [-0.3, -0.25) is 4.79 Å². The van der Waals surface area contributed by atoms with Gasteiger partial charge in [0.05, 0.1) is 0 Å². The maximum Gasteiger partial charge on any atom is 0.411 e. The molecule has 0 heterocycles. The molecule has 8 heteroatoms. The molecule has 0 saturated heterocycles. The Morgan fingerprint density at radius 2 is 2.06 bits per heavy atom. The standard InChI is InChI=1S/C10H18F3NO3.ClH/c1-2-4-8(9(15)16)14-5-3-6-17-7-10(11,12)13;/h8,14H,2-7H2,1H3,(H,15,16);1H. The molecule has 110 valence electrons. The number of carboxylic acid groups (broad SMARTS) is 1. The minimum absolute atomic E-state index is 0. The first-order valence-corrected chi connectivity index (χ1v) is 5.47. The molecule has 1 atom stereocenters. The van der Waals surface area contributed by atoms with E-state index in [-0.39, 0.29) is 19.0 Å². The highest BCUT2D eigenvalue weighted by atomic mass is 35.5. The smallest absolute Gasteiger partial charge is 0.411 e.